The lowest BCUT2D eigenvalue weighted by Gasteiger charge is -2.11. The average molecular weight is 360 g/mol. The first-order valence-corrected chi connectivity index (χ1v) is 8.79. The van der Waals surface area contributed by atoms with Crippen LogP contribution in [0.25, 0.3) is 11.2 Å². The minimum atomic E-state index is -0.360. The highest BCUT2D eigenvalue weighted by atomic mass is 16.2. The number of aromatic nitrogens is 4. The summed E-state index contributed by atoms with van der Waals surface area (Å²) in [7, 11) is 1.65. The van der Waals surface area contributed by atoms with Gasteiger partial charge in [0.05, 0.1) is 12.9 Å². The Labute approximate surface area is 156 Å². The third-order valence-electron chi connectivity index (χ3n) is 4.89. The number of hydrogen-bond acceptors (Lipinski definition) is 3. The molecule has 0 spiro atoms. The number of rotatable bonds is 4. The summed E-state index contributed by atoms with van der Waals surface area (Å²) in [6.45, 7) is 2.74. The normalized spacial score (nSPS) is 11.2. The van der Waals surface area contributed by atoms with Crippen LogP contribution in [0.3, 0.4) is 0 Å². The monoisotopic (exact) mass is 360 g/mol. The molecule has 0 saturated carbocycles. The van der Waals surface area contributed by atoms with E-state index in [1.165, 1.54) is 9.13 Å². The van der Waals surface area contributed by atoms with Crippen LogP contribution in [0.15, 0.2) is 70.5 Å². The Kier molecular flexibility index (Phi) is 4.24. The number of aryl methyl sites for hydroxylation is 2. The standard InChI is InChI=1S/C21H20N4O2/c1-15-8-6-7-11-17(15)13-25-20(26)18-19(23(2)21(25)27)22-14-24(18)12-16-9-4-3-5-10-16/h3-11,14H,12-13H2,1-2H3. The lowest BCUT2D eigenvalue weighted by molar-refractivity contribution is 0.651. The van der Waals surface area contributed by atoms with Gasteiger partial charge in [0.15, 0.2) is 11.2 Å². The van der Waals surface area contributed by atoms with Crippen LogP contribution in [0.2, 0.25) is 0 Å². The molecule has 0 radical (unpaired) electrons. The summed E-state index contributed by atoms with van der Waals surface area (Å²) in [5.41, 5.74) is 3.23. The van der Waals surface area contributed by atoms with Crippen molar-refractivity contribution in [3.63, 3.8) is 0 Å². The molecule has 2 aromatic carbocycles. The van der Waals surface area contributed by atoms with Crippen LogP contribution in [0.1, 0.15) is 16.7 Å². The molecular weight excluding hydrogens is 340 g/mol. The largest absolute Gasteiger partial charge is 0.332 e. The highest BCUT2D eigenvalue weighted by Crippen LogP contribution is 2.11. The lowest BCUT2D eigenvalue weighted by Crippen LogP contribution is -2.40. The van der Waals surface area contributed by atoms with Gasteiger partial charge in [-0.3, -0.25) is 13.9 Å². The Bertz CT molecular complexity index is 1230. The number of fused-ring (bicyclic) bond motifs is 1. The van der Waals surface area contributed by atoms with Gasteiger partial charge < -0.3 is 4.57 Å². The van der Waals surface area contributed by atoms with E-state index in [1.54, 1.807) is 17.9 Å². The zero-order chi connectivity index (χ0) is 19.0. The van der Waals surface area contributed by atoms with Gasteiger partial charge in [-0.25, -0.2) is 9.78 Å². The van der Waals surface area contributed by atoms with Crippen molar-refractivity contribution < 1.29 is 0 Å². The summed E-state index contributed by atoms with van der Waals surface area (Å²) in [5.74, 6) is 0. The first kappa shape index (κ1) is 17.0. The van der Waals surface area contributed by atoms with Crippen molar-refractivity contribution in [3.05, 3.63) is 98.5 Å². The molecule has 0 N–H and O–H groups in total. The summed E-state index contributed by atoms with van der Waals surface area (Å²) in [4.78, 5) is 30.3. The molecule has 6 heteroatoms. The van der Waals surface area contributed by atoms with Crippen LogP contribution in [-0.4, -0.2) is 18.7 Å². The van der Waals surface area contributed by atoms with Gasteiger partial charge in [0.25, 0.3) is 5.56 Å². The van der Waals surface area contributed by atoms with Crippen LogP contribution in [-0.2, 0) is 20.1 Å². The van der Waals surface area contributed by atoms with Crippen molar-refractivity contribution in [2.24, 2.45) is 7.05 Å². The molecule has 0 aliphatic heterocycles. The highest BCUT2D eigenvalue weighted by Gasteiger charge is 2.17. The smallest absolute Gasteiger partial charge is 0.320 e. The molecule has 0 fully saturated rings. The van der Waals surface area contributed by atoms with E-state index in [2.05, 4.69) is 4.98 Å². The minimum absolute atomic E-state index is 0.241. The molecule has 0 atom stereocenters. The van der Waals surface area contributed by atoms with E-state index >= 15 is 0 Å². The molecule has 0 amide bonds. The summed E-state index contributed by atoms with van der Waals surface area (Å²) < 4.78 is 4.53. The molecule has 0 aliphatic rings. The maximum Gasteiger partial charge on any atom is 0.332 e. The Balaban J connectivity index is 1.88. The van der Waals surface area contributed by atoms with E-state index in [1.807, 2.05) is 61.5 Å². The van der Waals surface area contributed by atoms with Crippen LogP contribution in [0.4, 0.5) is 0 Å². The molecule has 4 aromatic rings. The van der Waals surface area contributed by atoms with Gasteiger partial charge in [-0.05, 0) is 23.6 Å². The van der Waals surface area contributed by atoms with E-state index in [0.717, 1.165) is 16.7 Å². The van der Waals surface area contributed by atoms with Gasteiger partial charge in [-0.2, -0.15) is 0 Å². The van der Waals surface area contributed by atoms with Gasteiger partial charge in [0.1, 0.15) is 0 Å². The van der Waals surface area contributed by atoms with Crippen molar-refractivity contribution >= 4 is 11.2 Å². The molecule has 0 unspecified atom stereocenters. The van der Waals surface area contributed by atoms with Gasteiger partial charge in [0.2, 0.25) is 0 Å². The van der Waals surface area contributed by atoms with Gasteiger partial charge >= 0.3 is 5.69 Å². The second-order valence-electron chi connectivity index (χ2n) is 6.69. The predicted molar refractivity (Wildman–Crippen MR) is 105 cm³/mol. The topological polar surface area (TPSA) is 61.8 Å². The molecule has 2 aromatic heterocycles. The summed E-state index contributed by atoms with van der Waals surface area (Å²) in [6.07, 6.45) is 1.62. The zero-order valence-corrected chi connectivity index (χ0v) is 15.3. The van der Waals surface area contributed by atoms with E-state index in [4.69, 9.17) is 0 Å². The van der Waals surface area contributed by atoms with Crippen LogP contribution < -0.4 is 11.2 Å². The fourth-order valence-corrected chi connectivity index (χ4v) is 3.32. The van der Waals surface area contributed by atoms with E-state index < -0.39 is 0 Å². The molecule has 2 heterocycles. The van der Waals surface area contributed by atoms with Crippen molar-refractivity contribution in [1.29, 1.82) is 0 Å². The predicted octanol–water partition coefficient (Wildman–Crippen LogP) is 2.30. The van der Waals surface area contributed by atoms with Gasteiger partial charge in [0, 0.05) is 13.6 Å². The Morgan fingerprint density at radius 3 is 2.37 bits per heavy atom. The SMILES string of the molecule is Cc1ccccc1Cn1c(=O)c2c(ncn2Cc2ccccc2)n(C)c1=O. The van der Waals surface area contributed by atoms with Crippen LogP contribution in [0.5, 0.6) is 0 Å². The van der Waals surface area contributed by atoms with Gasteiger partial charge in [-0.1, -0.05) is 54.6 Å². The minimum Gasteiger partial charge on any atom is -0.320 e. The Morgan fingerprint density at radius 1 is 0.926 bits per heavy atom. The fourth-order valence-electron chi connectivity index (χ4n) is 3.32. The first-order valence-electron chi connectivity index (χ1n) is 8.79. The van der Waals surface area contributed by atoms with Crippen molar-refractivity contribution in [2.75, 3.05) is 0 Å². The third-order valence-corrected chi connectivity index (χ3v) is 4.89. The number of benzene rings is 2. The zero-order valence-electron chi connectivity index (χ0n) is 15.3. The summed E-state index contributed by atoms with van der Waals surface area (Å²) in [6, 6.07) is 17.6. The summed E-state index contributed by atoms with van der Waals surface area (Å²) in [5, 5.41) is 0. The van der Waals surface area contributed by atoms with Crippen LogP contribution >= 0.6 is 0 Å². The number of nitrogens with zero attached hydrogens (tertiary/aromatic N) is 4. The van der Waals surface area contributed by atoms with E-state index in [0.29, 0.717) is 17.7 Å². The van der Waals surface area contributed by atoms with Gasteiger partial charge in [-0.15, -0.1) is 0 Å². The molecule has 0 saturated heterocycles. The second-order valence-corrected chi connectivity index (χ2v) is 6.69. The van der Waals surface area contributed by atoms with E-state index in [-0.39, 0.29) is 17.8 Å². The lowest BCUT2D eigenvalue weighted by atomic mass is 10.1. The molecule has 136 valence electrons. The number of hydrogen-bond donors (Lipinski definition) is 0. The van der Waals surface area contributed by atoms with Crippen molar-refractivity contribution in [3.8, 4) is 0 Å². The molecule has 4 rings (SSSR count). The maximum atomic E-state index is 13.2. The second kappa shape index (κ2) is 6.72. The molecule has 27 heavy (non-hydrogen) atoms. The van der Waals surface area contributed by atoms with Crippen molar-refractivity contribution in [1.82, 2.24) is 18.7 Å². The Hall–Kier alpha value is -3.41. The molecule has 6 nitrogen and oxygen atoms in total. The molecule has 0 aliphatic carbocycles. The third kappa shape index (κ3) is 2.99. The van der Waals surface area contributed by atoms with E-state index in [9.17, 15) is 9.59 Å². The molecule has 0 bridgehead atoms. The quantitative estimate of drug-likeness (QED) is 0.561. The Morgan fingerprint density at radius 2 is 1.63 bits per heavy atom. The maximum absolute atomic E-state index is 13.2. The molecular formula is C21H20N4O2. The van der Waals surface area contributed by atoms with Crippen molar-refractivity contribution in [2.45, 2.75) is 20.0 Å². The fraction of sp³-hybridized carbons (Fsp3) is 0.190. The van der Waals surface area contributed by atoms with Crippen LogP contribution in [0, 0.1) is 6.92 Å². The number of imidazole rings is 1. The first-order chi connectivity index (χ1) is 13.1. The average Bonchev–Trinajstić information content (AvgIpc) is 3.09. The summed E-state index contributed by atoms with van der Waals surface area (Å²) >= 11 is 0. The highest BCUT2D eigenvalue weighted by molar-refractivity contribution is 5.70.